The summed E-state index contributed by atoms with van der Waals surface area (Å²) in [5.41, 5.74) is 1.92. The molecule has 7 nitrogen and oxygen atoms in total. The molecule has 4 rings (SSSR count). The lowest BCUT2D eigenvalue weighted by atomic mass is 10.1. The Morgan fingerprint density at radius 2 is 2.10 bits per heavy atom. The van der Waals surface area contributed by atoms with E-state index >= 15 is 0 Å². The fourth-order valence-electron chi connectivity index (χ4n) is 3.26. The summed E-state index contributed by atoms with van der Waals surface area (Å²) in [5, 5.41) is 12.6. The van der Waals surface area contributed by atoms with Gasteiger partial charge in [0.2, 0.25) is 0 Å². The molecule has 3 aromatic heterocycles. The first-order valence-electron chi connectivity index (χ1n) is 9.16. The number of benzene rings is 1. The highest BCUT2D eigenvalue weighted by Crippen LogP contribution is 2.36. The molecule has 10 heteroatoms. The van der Waals surface area contributed by atoms with Crippen LogP contribution >= 0.6 is 22.7 Å². The number of carboxylic acid groups (broad SMARTS) is 1. The first-order chi connectivity index (χ1) is 14.3. The number of hydrogen-bond acceptors (Lipinski definition) is 6. The zero-order valence-corrected chi connectivity index (χ0v) is 18.6. The van der Waals surface area contributed by atoms with Crippen LogP contribution in [0, 0.1) is 0 Å². The molecule has 4 aromatic rings. The molecule has 0 aliphatic heterocycles. The van der Waals surface area contributed by atoms with Crippen molar-refractivity contribution in [2.75, 3.05) is 11.4 Å². The maximum absolute atomic E-state index is 12.9. The van der Waals surface area contributed by atoms with E-state index in [-0.39, 0.29) is 4.21 Å². The zero-order chi connectivity index (χ0) is 21.5. The number of para-hydroxylation sites is 1. The van der Waals surface area contributed by atoms with E-state index in [1.165, 1.54) is 34.0 Å². The lowest BCUT2D eigenvalue weighted by molar-refractivity contribution is -0.138. The molecule has 1 aromatic carbocycles. The van der Waals surface area contributed by atoms with Crippen LogP contribution in [0.2, 0.25) is 0 Å². The van der Waals surface area contributed by atoms with Crippen molar-refractivity contribution in [2.24, 2.45) is 0 Å². The minimum absolute atomic E-state index is 0.276. The molecule has 0 saturated heterocycles. The summed E-state index contributed by atoms with van der Waals surface area (Å²) < 4.78 is 27.4. The number of aliphatic carboxylic acids is 1. The number of aromatic amines is 1. The van der Waals surface area contributed by atoms with E-state index in [2.05, 4.69) is 9.97 Å². The van der Waals surface area contributed by atoms with Gasteiger partial charge in [-0.1, -0.05) is 25.1 Å². The predicted octanol–water partition coefficient (Wildman–Crippen LogP) is 4.76. The number of sulfonamides is 1. The third-order valence-corrected chi connectivity index (χ3v) is 9.18. The van der Waals surface area contributed by atoms with Crippen molar-refractivity contribution in [1.29, 1.82) is 0 Å². The quantitative estimate of drug-likeness (QED) is 0.413. The van der Waals surface area contributed by atoms with E-state index in [1.54, 1.807) is 35.8 Å². The van der Waals surface area contributed by atoms with Crippen LogP contribution in [0.3, 0.4) is 0 Å². The number of fused-ring (bicyclic) bond motifs is 1. The number of rotatable bonds is 7. The Balaban J connectivity index is 1.75. The van der Waals surface area contributed by atoms with Gasteiger partial charge in [0.25, 0.3) is 10.0 Å². The number of nitrogens with zero attached hydrogens (tertiary/aromatic N) is 2. The van der Waals surface area contributed by atoms with Crippen molar-refractivity contribution >= 4 is 55.3 Å². The van der Waals surface area contributed by atoms with E-state index in [1.807, 2.05) is 19.1 Å². The fourth-order valence-corrected chi connectivity index (χ4v) is 6.69. The monoisotopic (exact) mass is 461 g/mol. The Kier molecular flexibility index (Phi) is 5.39. The molecule has 1 atom stereocenters. The van der Waals surface area contributed by atoms with Crippen LogP contribution in [0.1, 0.15) is 24.1 Å². The molecule has 1 unspecified atom stereocenters. The highest BCUT2D eigenvalue weighted by Gasteiger charge is 2.25. The van der Waals surface area contributed by atoms with Crippen LogP contribution in [-0.2, 0) is 14.8 Å². The van der Waals surface area contributed by atoms with E-state index in [9.17, 15) is 18.3 Å². The van der Waals surface area contributed by atoms with Crippen molar-refractivity contribution in [3.8, 4) is 10.7 Å². The number of nitrogens with one attached hydrogen (secondary N) is 1. The topological polar surface area (TPSA) is 103 Å². The number of aromatic nitrogens is 2. The Morgan fingerprint density at radius 1 is 1.30 bits per heavy atom. The maximum Gasteiger partial charge on any atom is 0.311 e. The molecule has 0 aliphatic rings. The van der Waals surface area contributed by atoms with Gasteiger partial charge in [-0.2, -0.15) is 0 Å². The Morgan fingerprint density at radius 3 is 2.77 bits per heavy atom. The first kappa shape index (κ1) is 20.6. The summed E-state index contributed by atoms with van der Waals surface area (Å²) in [6, 6.07) is 10.6. The van der Waals surface area contributed by atoms with Gasteiger partial charge in [0.15, 0.2) is 0 Å². The Bertz CT molecular complexity index is 1310. The second kappa shape index (κ2) is 7.86. The fraction of sp³-hybridized carbons (Fsp3) is 0.200. The average Bonchev–Trinajstić information content (AvgIpc) is 3.46. The van der Waals surface area contributed by atoms with Crippen molar-refractivity contribution in [3.05, 3.63) is 52.9 Å². The van der Waals surface area contributed by atoms with Gasteiger partial charge in [0, 0.05) is 23.5 Å². The van der Waals surface area contributed by atoms with E-state index in [0.717, 1.165) is 11.1 Å². The summed E-state index contributed by atoms with van der Waals surface area (Å²) >= 11 is 2.50. The van der Waals surface area contributed by atoms with Crippen LogP contribution in [0.4, 0.5) is 5.69 Å². The summed E-state index contributed by atoms with van der Waals surface area (Å²) in [6.07, 6.45) is 2.08. The Hall–Kier alpha value is -2.69. The molecule has 0 spiro atoms. The van der Waals surface area contributed by atoms with Crippen molar-refractivity contribution in [1.82, 2.24) is 9.97 Å². The largest absolute Gasteiger partial charge is 0.481 e. The van der Waals surface area contributed by atoms with Gasteiger partial charge >= 0.3 is 5.97 Å². The van der Waals surface area contributed by atoms with Crippen molar-refractivity contribution in [2.45, 2.75) is 23.5 Å². The van der Waals surface area contributed by atoms with Gasteiger partial charge in [0.05, 0.1) is 22.8 Å². The number of H-pyrrole nitrogens is 1. The highest BCUT2D eigenvalue weighted by atomic mass is 32.2. The molecule has 0 aliphatic carbocycles. The van der Waals surface area contributed by atoms with Crippen LogP contribution in [0.25, 0.3) is 21.6 Å². The number of carbonyl (C=O) groups is 1. The number of thiazole rings is 1. The average molecular weight is 462 g/mol. The molecule has 0 amide bonds. The molecule has 0 bridgehead atoms. The lowest BCUT2D eigenvalue weighted by Gasteiger charge is -2.19. The SMILES string of the molecule is CCC(C(=O)O)c1cnc(-c2cc3cccc(N(C)S(=O)(=O)c4cccs4)c3[nH]2)s1. The van der Waals surface area contributed by atoms with Gasteiger partial charge in [0.1, 0.15) is 9.22 Å². The molecular weight excluding hydrogens is 442 g/mol. The van der Waals surface area contributed by atoms with Gasteiger partial charge in [-0.15, -0.1) is 22.7 Å². The molecule has 30 heavy (non-hydrogen) atoms. The molecule has 0 radical (unpaired) electrons. The van der Waals surface area contributed by atoms with Crippen molar-refractivity contribution < 1.29 is 18.3 Å². The van der Waals surface area contributed by atoms with Gasteiger partial charge in [-0.3, -0.25) is 9.10 Å². The second-order valence-electron chi connectivity index (χ2n) is 6.70. The minimum atomic E-state index is -3.66. The second-order valence-corrected chi connectivity index (χ2v) is 10.9. The van der Waals surface area contributed by atoms with E-state index in [0.29, 0.717) is 27.5 Å². The molecule has 0 saturated carbocycles. The van der Waals surface area contributed by atoms with E-state index in [4.69, 9.17) is 0 Å². The number of thiophene rings is 1. The third-order valence-electron chi connectivity index (χ3n) is 4.89. The van der Waals surface area contributed by atoms with Crippen LogP contribution < -0.4 is 4.31 Å². The van der Waals surface area contributed by atoms with Gasteiger partial charge in [-0.05, 0) is 30.0 Å². The normalized spacial score (nSPS) is 12.9. The van der Waals surface area contributed by atoms with Gasteiger partial charge in [-0.25, -0.2) is 13.4 Å². The molecular formula is C20H19N3O4S3. The zero-order valence-electron chi connectivity index (χ0n) is 16.2. The lowest BCUT2D eigenvalue weighted by Crippen LogP contribution is -2.26. The molecule has 0 fully saturated rings. The third kappa shape index (κ3) is 3.51. The molecule has 156 valence electrons. The molecule has 3 heterocycles. The van der Waals surface area contributed by atoms with Gasteiger partial charge < -0.3 is 10.1 Å². The minimum Gasteiger partial charge on any atom is -0.481 e. The van der Waals surface area contributed by atoms with E-state index < -0.39 is 21.9 Å². The molecule has 2 N–H and O–H groups in total. The van der Waals surface area contributed by atoms with Crippen LogP contribution in [0.5, 0.6) is 0 Å². The van der Waals surface area contributed by atoms with Crippen molar-refractivity contribution in [3.63, 3.8) is 0 Å². The summed E-state index contributed by atoms with van der Waals surface area (Å²) in [4.78, 5) is 19.8. The maximum atomic E-state index is 12.9. The summed E-state index contributed by atoms with van der Waals surface area (Å²) in [6.45, 7) is 1.83. The predicted molar refractivity (Wildman–Crippen MR) is 120 cm³/mol. The summed E-state index contributed by atoms with van der Waals surface area (Å²) in [5.74, 6) is -1.45. The van der Waals surface area contributed by atoms with Crippen LogP contribution in [-0.4, -0.2) is 36.5 Å². The standard InChI is InChI=1S/C20H19N3O4S3/c1-3-13(20(24)25)16-11-21-19(29-16)14-10-12-6-4-7-15(18(12)22-14)23(2)30(26,27)17-8-5-9-28-17/h4-11,13,22H,3H2,1-2H3,(H,24,25). The number of carboxylic acids is 1. The highest BCUT2D eigenvalue weighted by molar-refractivity contribution is 7.94. The smallest absolute Gasteiger partial charge is 0.311 e. The number of hydrogen-bond donors (Lipinski definition) is 2. The number of anilines is 1. The van der Waals surface area contributed by atoms with Crippen LogP contribution in [0.15, 0.2) is 52.2 Å². The first-order valence-corrected chi connectivity index (χ1v) is 12.3. The Labute approximate surface area is 181 Å². The summed E-state index contributed by atoms with van der Waals surface area (Å²) in [7, 11) is -2.13.